The van der Waals surface area contributed by atoms with Crippen molar-refractivity contribution in [2.45, 2.75) is 25.2 Å². The number of benzene rings is 1. The summed E-state index contributed by atoms with van der Waals surface area (Å²) in [5.41, 5.74) is 1.93. The van der Waals surface area contributed by atoms with Crippen molar-refractivity contribution in [3.05, 3.63) is 65.7 Å². The number of sulfonamides is 1. The fourth-order valence-electron chi connectivity index (χ4n) is 2.60. The van der Waals surface area contributed by atoms with Crippen LogP contribution in [0.3, 0.4) is 0 Å². The maximum Gasteiger partial charge on any atom is 0.267 e. The van der Waals surface area contributed by atoms with Crippen molar-refractivity contribution in [2.75, 3.05) is 16.6 Å². The Morgan fingerprint density at radius 3 is 2.46 bits per heavy atom. The lowest BCUT2D eigenvalue weighted by Crippen LogP contribution is -2.15. The summed E-state index contributed by atoms with van der Waals surface area (Å²) in [6.07, 6.45) is 2.35. The zero-order chi connectivity index (χ0) is 18.6. The third-order valence-corrected chi connectivity index (χ3v) is 5.44. The lowest BCUT2D eigenvalue weighted by molar-refractivity contribution is 0.390. The molecule has 3 rings (SSSR count). The van der Waals surface area contributed by atoms with Gasteiger partial charge in [0.05, 0.1) is 11.9 Å². The Bertz CT molecular complexity index is 948. The van der Waals surface area contributed by atoms with Crippen LogP contribution in [0.4, 0.5) is 11.5 Å². The highest BCUT2D eigenvalue weighted by molar-refractivity contribution is 7.92. The lowest BCUT2D eigenvalue weighted by Gasteiger charge is -2.09. The minimum absolute atomic E-state index is 0.0579. The van der Waals surface area contributed by atoms with Gasteiger partial charge in [-0.2, -0.15) is 0 Å². The smallest absolute Gasteiger partial charge is 0.267 e. The number of rotatable bonds is 7. The van der Waals surface area contributed by atoms with Gasteiger partial charge in [0.15, 0.2) is 10.7 Å². The van der Waals surface area contributed by atoms with E-state index in [1.807, 2.05) is 18.2 Å². The van der Waals surface area contributed by atoms with Crippen LogP contribution in [0.15, 0.2) is 58.1 Å². The molecular formula is C18H20N4O3S. The summed E-state index contributed by atoms with van der Waals surface area (Å²) in [6, 6.07) is 13.5. The molecule has 0 saturated heterocycles. The molecule has 7 nitrogen and oxygen atoms in total. The second kappa shape index (κ2) is 7.57. The average molecular weight is 372 g/mol. The zero-order valence-corrected chi connectivity index (χ0v) is 15.4. The summed E-state index contributed by atoms with van der Waals surface area (Å²) in [5.74, 6) is 0.934. The van der Waals surface area contributed by atoms with Crippen molar-refractivity contribution < 1.29 is 12.9 Å². The highest BCUT2D eigenvalue weighted by Gasteiger charge is 2.24. The monoisotopic (exact) mass is 372 g/mol. The maximum atomic E-state index is 12.5. The van der Waals surface area contributed by atoms with Crippen LogP contribution in [0.2, 0.25) is 0 Å². The van der Waals surface area contributed by atoms with Gasteiger partial charge in [-0.1, -0.05) is 35.5 Å². The molecule has 0 amide bonds. The minimum Gasteiger partial charge on any atom is -0.370 e. The molecule has 0 fully saturated rings. The van der Waals surface area contributed by atoms with E-state index in [4.69, 9.17) is 4.52 Å². The van der Waals surface area contributed by atoms with Gasteiger partial charge in [0.2, 0.25) is 0 Å². The Hall–Kier alpha value is -2.87. The Labute approximate surface area is 152 Å². The predicted molar refractivity (Wildman–Crippen MR) is 99.7 cm³/mol. The normalized spacial score (nSPS) is 11.3. The van der Waals surface area contributed by atoms with Crippen LogP contribution in [-0.2, 0) is 16.4 Å². The number of hydrogen-bond acceptors (Lipinski definition) is 6. The summed E-state index contributed by atoms with van der Waals surface area (Å²) >= 11 is 0. The van der Waals surface area contributed by atoms with Crippen molar-refractivity contribution in [1.82, 2.24) is 10.1 Å². The van der Waals surface area contributed by atoms with Crippen LogP contribution < -0.4 is 10.0 Å². The summed E-state index contributed by atoms with van der Waals surface area (Å²) in [7, 11) is -3.76. The van der Waals surface area contributed by atoms with Crippen LogP contribution in [0.1, 0.15) is 17.0 Å². The van der Waals surface area contributed by atoms with Crippen molar-refractivity contribution in [3.8, 4) is 0 Å². The molecule has 0 spiro atoms. The second-order valence-corrected chi connectivity index (χ2v) is 7.47. The van der Waals surface area contributed by atoms with E-state index < -0.39 is 10.0 Å². The molecule has 0 saturated carbocycles. The topological polar surface area (TPSA) is 97.1 Å². The van der Waals surface area contributed by atoms with E-state index in [0.717, 1.165) is 13.0 Å². The molecule has 3 aromatic rings. The van der Waals surface area contributed by atoms with Gasteiger partial charge < -0.3 is 9.84 Å². The fraction of sp³-hybridized carbons (Fsp3) is 0.222. The number of aromatic nitrogens is 2. The Balaban J connectivity index is 1.61. The molecule has 0 aliphatic carbocycles. The van der Waals surface area contributed by atoms with Gasteiger partial charge in [-0.3, -0.25) is 4.72 Å². The molecule has 0 atom stereocenters. The van der Waals surface area contributed by atoms with Crippen molar-refractivity contribution in [3.63, 3.8) is 0 Å². The molecule has 0 aliphatic heterocycles. The van der Waals surface area contributed by atoms with Crippen LogP contribution in [0, 0.1) is 13.8 Å². The van der Waals surface area contributed by atoms with Gasteiger partial charge in [-0.25, -0.2) is 13.4 Å². The van der Waals surface area contributed by atoms with E-state index in [9.17, 15) is 8.42 Å². The summed E-state index contributed by atoms with van der Waals surface area (Å²) in [6.45, 7) is 3.89. The molecule has 2 N–H and O–H groups in total. The molecule has 0 bridgehead atoms. The molecule has 8 heteroatoms. The highest BCUT2D eigenvalue weighted by atomic mass is 32.2. The number of anilines is 2. The number of hydrogen-bond donors (Lipinski definition) is 2. The maximum absolute atomic E-state index is 12.5. The largest absolute Gasteiger partial charge is 0.370 e. The molecule has 0 aliphatic rings. The predicted octanol–water partition coefficient (Wildman–Crippen LogP) is 3.14. The molecule has 2 heterocycles. The fourth-order valence-corrected chi connectivity index (χ4v) is 3.98. The first-order valence-corrected chi connectivity index (χ1v) is 9.63. The van der Waals surface area contributed by atoms with Crippen LogP contribution in [-0.4, -0.2) is 25.1 Å². The summed E-state index contributed by atoms with van der Waals surface area (Å²) < 4.78 is 32.3. The van der Waals surface area contributed by atoms with Crippen LogP contribution >= 0.6 is 0 Å². The third kappa shape index (κ3) is 4.20. The lowest BCUT2D eigenvalue weighted by atomic mass is 10.1. The molecule has 0 unspecified atom stereocenters. The average Bonchev–Trinajstić information content (AvgIpc) is 2.96. The Morgan fingerprint density at radius 2 is 1.85 bits per heavy atom. The summed E-state index contributed by atoms with van der Waals surface area (Å²) in [4.78, 5) is 4.30. The van der Waals surface area contributed by atoms with Gasteiger partial charge in [-0.05, 0) is 38.0 Å². The Morgan fingerprint density at radius 1 is 1.08 bits per heavy atom. The van der Waals surface area contributed by atoms with Gasteiger partial charge in [0.1, 0.15) is 11.5 Å². The standard InChI is InChI=1S/C18H20N4O3S/c1-13-18(14(2)25-21-13)26(23,24)22-16-8-9-17(20-12-16)19-11-10-15-6-4-3-5-7-15/h3-9,12,22H,10-11H2,1-2H3,(H,19,20). The highest BCUT2D eigenvalue weighted by Crippen LogP contribution is 2.22. The van der Waals surface area contributed by atoms with E-state index in [1.165, 1.54) is 11.8 Å². The quantitative estimate of drug-likeness (QED) is 0.661. The van der Waals surface area contributed by atoms with Crippen molar-refractivity contribution >= 4 is 21.5 Å². The third-order valence-electron chi connectivity index (χ3n) is 3.81. The van der Waals surface area contributed by atoms with Crippen molar-refractivity contribution in [2.24, 2.45) is 0 Å². The molecular weight excluding hydrogens is 352 g/mol. The zero-order valence-electron chi connectivity index (χ0n) is 14.6. The Kier molecular flexibility index (Phi) is 5.22. The van der Waals surface area contributed by atoms with Gasteiger partial charge in [-0.15, -0.1) is 0 Å². The number of nitrogens with zero attached hydrogens (tertiary/aromatic N) is 2. The molecule has 26 heavy (non-hydrogen) atoms. The molecule has 0 radical (unpaired) electrons. The SMILES string of the molecule is Cc1noc(C)c1S(=O)(=O)Nc1ccc(NCCc2ccccc2)nc1. The van der Waals surface area contributed by atoms with Crippen LogP contribution in [0.25, 0.3) is 0 Å². The molecule has 2 aromatic heterocycles. The first-order valence-electron chi connectivity index (χ1n) is 8.15. The molecule has 1 aromatic carbocycles. The van der Waals surface area contributed by atoms with E-state index in [-0.39, 0.29) is 10.7 Å². The minimum atomic E-state index is -3.76. The first-order chi connectivity index (χ1) is 12.5. The van der Waals surface area contributed by atoms with E-state index in [2.05, 4.69) is 32.3 Å². The van der Waals surface area contributed by atoms with Crippen LogP contribution in [0.5, 0.6) is 0 Å². The number of nitrogens with one attached hydrogen (secondary N) is 2. The summed E-state index contributed by atoms with van der Waals surface area (Å²) in [5, 5.41) is 6.89. The van der Waals surface area contributed by atoms with E-state index in [0.29, 0.717) is 17.2 Å². The van der Waals surface area contributed by atoms with E-state index >= 15 is 0 Å². The molecule has 136 valence electrons. The number of aryl methyl sites for hydroxylation is 2. The van der Waals surface area contributed by atoms with Gasteiger partial charge in [0, 0.05) is 6.54 Å². The van der Waals surface area contributed by atoms with Gasteiger partial charge >= 0.3 is 0 Å². The number of pyridine rings is 1. The van der Waals surface area contributed by atoms with Crippen molar-refractivity contribution in [1.29, 1.82) is 0 Å². The van der Waals surface area contributed by atoms with E-state index in [1.54, 1.807) is 26.0 Å². The second-order valence-electron chi connectivity index (χ2n) is 5.85. The first kappa shape index (κ1) is 17.9. The van der Waals surface area contributed by atoms with Gasteiger partial charge in [0.25, 0.3) is 10.0 Å².